The highest BCUT2D eigenvalue weighted by atomic mass is 35.5. The van der Waals surface area contributed by atoms with Crippen molar-refractivity contribution >= 4 is 28.1 Å². The second-order valence-electron chi connectivity index (χ2n) is 4.05. The van der Waals surface area contributed by atoms with E-state index in [1.54, 1.807) is 12.3 Å². The van der Waals surface area contributed by atoms with Crippen molar-refractivity contribution in [2.45, 2.75) is 19.5 Å². The zero-order valence-electron chi connectivity index (χ0n) is 10.2. The van der Waals surface area contributed by atoms with Gasteiger partial charge in [0, 0.05) is 52.0 Å². The van der Waals surface area contributed by atoms with Crippen LogP contribution in [-0.4, -0.2) is 27.2 Å². The first-order valence-electron chi connectivity index (χ1n) is 5.36. The molecule has 1 N–H and O–H groups in total. The van der Waals surface area contributed by atoms with Crippen molar-refractivity contribution in [3.63, 3.8) is 0 Å². The van der Waals surface area contributed by atoms with Crippen LogP contribution in [0.2, 0.25) is 5.02 Å². The lowest BCUT2D eigenvalue weighted by Crippen LogP contribution is -2.30. The summed E-state index contributed by atoms with van der Waals surface area (Å²) in [4.78, 5) is 10.4. The molecule has 1 rings (SSSR count). The number of hydrogen-bond acceptors (Lipinski definition) is 4. The highest BCUT2D eigenvalue weighted by Crippen LogP contribution is 2.22. The van der Waals surface area contributed by atoms with Gasteiger partial charge in [-0.2, -0.15) is 0 Å². The van der Waals surface area contributed by atoms with Crippen molar-refractivity contribution in [3.8, 4) is 0 Å². The quantitative estimate of drug-likeness (QED) is 0.643. The molecular weight excluding hydrogens is 276 g/mol. The van der Waals surface area contributed by atoms with E-state index in [0.29, 0.717) is 22.9 Å². The lowest BCUT2D eigenvalue weighted by Gasteiger charge is -2.12. The van der Waals surface area contributed by atoms with E-state index in [4.69, 9.17) is 11.6 Å². The van der Waals surface area contributed by atoms with Gasteiger partial charge in [0.2, 0.25) is 0 Å². The van der Waals surface area contributed by atoms with E-state index in [1.807, 2.05) is 6.92 Å². The molecule has 5 nitrogen and oxygen atoms in total. The van der Waals surface area contributed by atoms with E-state index in [-0.39, 0.29) is 11.7 Å². The fourth-order valence-corrected chi connectivity index (χ4v) is 2.59. The molecule has 0 fully saturated rings. The highest BCUT2D eigenvalue weighted by Gasteiger charge is 2.14. The second kappa shape index (κ2) is 6.82. The third kappa shape index (κ3) is 4.72. The summed E-state index contributed by atoms with van der Waals surface area (Å²) in [6, 6.07) is 4.48. The van der Waals surface area contributed by atoms with Gasteiger partial charge in [-0.1, -0.05) is 11.6 Å². The maximum absolute atomic E-state index is 11.0. The van der Waals surface area contributed by atoms with Crippen LogP contribution < -0.4 is 5.32 Å². The number of benzene rings is 1. The molecule has 0 aromatic heterocycles. The molecule has 7 heteroatoms. The maximum Gasteiger partial charge on any atom is 0.273 e. The summed E-state index contributed by atoms with van der Waals surface area (Å²) in [7, 11) is -0.895. The summed E-state index contributed by atoms with van der Waals surface area (Å²) < 4.78 is 11.0. The van der Waals surface area contributed by atoms with Crippen molar-refractivity contribution < 1.29 is 9.13 Å². The molecule has 100 valence electrons. The molecule has 18 heavy (non-hydrogen) atoms. The Balaban J connectivity index is 2.74. The number of hydrogen-bond donors (Lipinski definition) is 1. The topological polar surface area (TPSA) is 72.2 Å². The van der Waals surface area contributed by atoms with Gasteiger partial charge >= 0.3 is 0 Å². The number of nitro groups is 1. The Labute approximate surface area is 113 Å². The highest BCUT2D eigenvalue weighted by molar-refractivity contribution is 7.84. The summed E-state index contributed by atoms with van der Waals surface area (Å²) in [5.41, 5.74) is 0.568. The molecular formula is C11H15ClN2O3S. The minimum absolute atomic E-state index is 0.0226. The third-order valence-electron chi connectivity index (χ3n) is 2.36. The smallest absolute Gasteiger partial charge is 0.273 e. The van der Waals surface area contributed by atoms with Crippen LogP contribution in [0.25, 0.3) is 0 Å². The second-order valence-corrected chi connectivity index (χ2v) is 5.97. The van der Waals surface area contributed by atoms with Crippen LogP contribution in [0.5, 0.6) is 0 Å². The number of nitrogens with one attached hydrogen (secondary N) is 1. The number of nitro benzene ring substituents is 1. The Morgan fingerprint density at radius 3 is 2.78 bits per heavy atom. The Bertz CT molecular complexity index is 468. The fourth-order valence-electron chi connectivity index (χ4n) is 1.57. The third-order valence-corrected chi connectivity index (χ3v) is 3.57. The fraction of sp³-hybridized carbons (Fsp3) is 0.455. The first-order chi connectivity index (χ1) is 8.40. The molecule has 0 heterocycles. The van der Waals surface area contributed by atoms with E-state index in [2.05, 4.69) is 5.32 Å². The van der Waals surface area contributed by atoms with Crippen LogP contribution in [-0.2, 0) is 17.3 Å². The van der Waals surface area contributed by atoms with Crippen molar-refractivity contribution in [1.82, 2.24) is 5.32 Å². The van der Waals surface area contributed by atoms with Crippen molar-refractivity contribution in [2.24, 2.45) is 0 Å². The number of rotatable bonds is 6. The minimum atomic E-state index is -0.895. The minimum Gasteiger partial charge on any atom is -0.309 e. The lowest BCUT2D eigenvalue weighted by atomic mass is 10.1. The average molecular weight is 291 g/mol. The molecule has 0 radical (unpaired) electrons. The number of halogens is 1. The van der Waals surface area contributed by atoms with E-state index in [0.717, 1.165) is 0 Å². The molecule has 1 aromatic rings. The van der Waals surface area contributed by atoms with Crippen LogP contribution >= 0.6 is 11.6 Å². The predicted octanol–water partition coefficient (Wildman–Crippen LogP) is 2.10. The first kappa shape index (κ1) is 15.1. The molecule has 0 spiro atoms. The van der Waals surface area contributed by atoms with Crippen LogP contribution in [0.3, 0.4) is 0 Å². The van der Waals surface area contributed by atoms with Gasteiger partial charge < -0.3 is 5.32 Å². The van der Waals surface area contributed by atoms with Crippen LogP contribution in [0, 0.1) is 10.1 Å². The van der Waals surface area contributed by atoms with Crippen LogP contribution in [0.15, 0.2) is 18.2 Å². The average Bonchev–Trinajstić information content (AvgIpc) is 2.25. The summed E-state index contributed by atoms with van der Waals surface area (Å²) in [5.74, 6) is 0.508. The van der Waals surface area contributed by atoms with Crippen LogP contribution in [0.1, 0.15) is 12.5 Å². The van der Waals surface area contributed by atoms with Gasteiger partial charge in [-0.05, 0) is 19.1 Å². The van der Waals surface area contributed by atoms with Gasteiger partial charge in [-0.3, -0.25) is 14.3 Å². The molecule has 0 bridgehead atoms. The predicted molar refractivity (Wildman–Crippen MR) is 73.3 cm³/mol. The SMILES string of the molecule is CC(CS(C)=O)NCc1cc(Cl)ccc1[N+](=O)[O-]. The molecule has 0 aliphatic carbocycles. The molecule has 0 saturated carbocycles. The largest absolute Gasteiger partial charge is 0.309 e. The zero-order chi connectivity index (χ0) is 13.7. The Morgan fingerprint density at radius 1 is 1.56 bits per heavy atom. The Kier molecular flexibility index (Phi) is 5.71. The molecule has 2 atom stereocenters. The summed E-state index contributed by atoms with van der Waals surface area (Å²) in [6.45, 7) is 2.22. The Hall–Kier alpha value is -0.980. The van der Waals surface area contributed by atoms with Gasteiger partial charge in [-0.25, -0.2) is 0 Å². The zero-order valence-corrected chi connectivity index (χ0v) is 11.8. The lowest BCUT2D eigenvalue weighted by molar-refractivity contribution is -0.385. The standard InChI is InChI=1S/C11H15ClN2O3S/c1-8(7-18(2)17)13-6-9-5-10(12)3-4-11(9)14(15)16/h3-5,8,13H,6-7H2,1-2H3. The first-order valence-corrected chi connectivity index (χ1v) is 7.47. The van der Waals surface area contributed by atoms with E-state index >= 15 is 0 Å². The maximum atomic E-state index is 11.0. The van der Waals surface area contributed by atoms with Gasteiger partial charge in [0.15, 0.2) is 0 Å². The summed E-state index contributed by atoms with van der Waals surface area (Å²) >= 11 is 5.82. The number of nitrogens with zero attached hydrogens (tertiary/aromatic N) is 1. The summed E-state index contributed by atoms with van der Waals surface area (Å²) in [6.07, 6.45) is 1.63. The van der Waals surface area contributed by atoms with E-state index in [1.165, 1.54) is 12.1 Å². The molecule has 0 amide bonds. The molecule has 0 aliphatic rings. The molecule has 0 aliphatic heterocycles. The molecule has 1 aromatic carbocycles. The Morgan fingerprint density at radius 2 is 2.22 bits per heavy atom. The van der Waals surface area contributed by atoms with Gasteiger partial charge in [0.25, 0.3) is 5.69 Å². The normalized spacial score (nSPS) is 14.2. The van der Waals surface area contributed by atoms with Crippen molar-refractivity contribution in [2.75, 3.05) is 12.0 Å². The summed E-state index contributed by atoms with van der Waals surface area (Å²) in [5, 5.41) is 14.4. The van der Waals surface area contributed by atoms with Gasteiger partial charge in [-0.15, -0.1) is 0 Å². The van der Waals surface area contributed by atoms with Crippen molar-refractivity contribution in [1.29, 1.82) is 0 Å². The van der Waals surface area contributed by atoms with Crippen LogP contribution in [0.4, 0.5) is 5.69 Å². The van der Waals surface area contributed by atoms with Gasteiger partial charge in [0.05, 0.1) is 4.92 Å². The van der Waals surface area contributed by atoms with Gasteiger partial charge in [0.1, 0.15) is 0 Å². The molecule has 2 unspecified atom stereocenters. The monoisotopic (exact) mass is 290 g/mol. The molecule has 0 saturated heterocycles. The van der Waals surface area contributed by atoms with E-state index in [9.17, 15) is 14.3 Å². The van der Waals surface area contributed by atoms with Crippen molar-refractivity contribution in [3.05, 3.63) is 38.9 Å². The van der Waals surface area contributed by atoms with E-state index < -0.39 is 15.7 Å².